The third-order valence-corrected chi connectivity index (χ3v) is 5.83. The molecule has 4 rings (SSSR count). The van der Waals surface area contributed by atoms with Crippen LogP contribution in [0.1, 0.15) is 23.5 Å². The van der Waals surface area contributed by atoms with Gasteiger partial charge in [-0.05, 0) is 32.0 Å². The SMILES string of the molecule is Cc1ccc2nccc(N3CCN(C(C)c4nccs4)CC3)c2c1. The normalized spacial score (nSPS) is 17.3. The first kappa shape index (κ1) is 15.5. The highest BCUT2D eigenvalue weighted by molar-refractivity contribution is 7.09. The van der Waals surface area contributed by atoms with Gasteiger partial charge in [-0.2, -0.15) is 0 Å². The Kier molecular flexibility index (Phi) is 4.21. The van der Waals surface area contributed by atoms with Crippen LogP contribution in [0.25, 0.3) is 10.9 Å². The summed E-state index contributed by atoms with van der Waals surface area (Å²) >= 11 is 1.75. The second kappa shape index (κ2) is 6.49. The van der Waals surface area contributed by atoms with E-state index in [2.05, 4.69) is 63.3 Å². The molecule has 24 heavy (non-hydrogen) atoms. The lowest BCUT2D eigenvalue weighted by Gasteiger charge is -2.38. The first-order chi connectivity index (χ1) is 11.7. The number of aryl methyl sites for hydroxylation is 1. The van der Waals surface area contributed by atoms with Crippen molar-refractivity contribution in [2.45, 2.75) is 19.9 Å². The topological polar surface area (TPSA) is 32.3 Å². The number of rotatable bonds is 3. The molecule has 1 atom stereocenters. The number of benzene rings is 1. The van der Waals surface area contributed by atoms with Gasteiger partial charge in [0, 0.05) is 55.0 Å². The molecular formula is C19H22N4S. The summed E-state index contributed by atoms with van der Waals surface area (Å²) in [6.45, 7) is 8.63. The van der Waals surface area contributed by atoms with Gasteiger partial charge in [0.15, 0.2) is 0 Å². The minimum absolute atomic E-state index is 0.406. The van der Waals surface area contributed by atoms with Crippen LogP contribution in [0.5, 0.6) is 0 Å². The van der Waals surface area contributed by atoms with Crippen molar-refractivity contribution in [3.05, 3.63) is 52.6 Å². The maximum absolute atomic E-state index is 4.51. The number of piperazine rings is 1. The summed E-state index contributed by atoms with van der Waals surface area (Å²) in [7, 11) is 0. The fourth-order valence-corrected chi connectivity index (χ4v) is 4.20. The van der Waals surface area contributed by atoms with Crippen LogP contribution in [-0.4, -0.2) is 41.0 Å². The molecule has 0 radical (unpaired) electrons. The molecule has 5 heteroatoms. The Labute approximate surface area is 146 Å². The van der Waals surface area contributed by atoms with E-state index in [1.165, 1.54) is 21.6 Å². The second-order valence-electron chi connectivity index (χ2n) is 6.42. The van der Waals surface area contributed by atoms with Crippen molar-refractivity contribution >= 4 is 27.9 Å². The van der Waals surface area contributed by atoms with Gasteiger partial charge in [-0.3, -0.25) is 9.88 Å². The molecule has 0 aliphatic carbocycles. The number of pyridine rings is 1. The number of fused-ring (bicyclic) bond motifs is 1. The van der Waals surface area contributed by atoms with Crippen molar-refractivity contribution in [2.75, 3.05) is 31.1 Å². The maximum Gasteiger partial charge on any atom is 0.109 e. The van der Waals surface area contributed by atoms with E-state index in [1.807, 2.05) is 12.4 Å². The first-order valence-corrected chi connectivity index (χ1v) is 9.34. The van der Waals surface area contributed by atoms with E-state index >= 15 is 0 Å². The van der Waals surface area contributed by atoms with E-state index < -0.39 is 0 Å². The lowest BCUT2D eigenvalue weighted by molar-refractivity contribution is 0.198. The average molecular weight is 338 g/mol. The molecule has 0 spiro atoms. The zero-order valence-electron chi connectivity index (χ0n) is 14.1. The number of thiazole rings is 1. The molecule has 1 unspecified atom stereocenters. The van der Waals surface area contributed by atoms with Gasteiger partial charge in [-0.1, -0.05) is 11.6 Å². The number of hydrogen-bond donors (Lipinski definition) is 0. The summed E-state index contributed by atoms with van der Waals surface area (Å²) in [5.74, 6) is 0. The number of anilines is 1. The van der Waals surface area contributed by atoms with Crippen LogP contribution >= 0.6 is 11.3 Å². The van der Waals surface area contributed by atoms with E-state index in [4.69, 9.17) is 0 Å². The highest BCUT2D eigenvalue weighted by Gasteiger charge is 2.24. The smallest absolute Gasteiger partial charge is 0.109 e. The summed E-state index contributed by atoms with van der Waals surface area (Å²) in [5, 5.41) is 4.54. The summed E-state index contributed by atoms with van der Waals surface area (Å²) in [5.41, 5.74) is 3.68. The fourth-order valence-electron chi connectivity index (χ4n) is 3.47. The average Bonchev–Trinajstić information content (AvgIpc) is 3.15. The fraction of sp³-hybridized carbons (Fsp3) is 0.368. The Morgan fingerprint density at radius 2 is 1.88 bits per heavy atom. The molecule has 0 amide bonds. The van der Waals surface area contributed by atoms with Gasteiger partial charge >= 0.3 is 0 Å². The van der Waals surface area contributed by atoms with E-state index in [-0.39, 0.29) is 0 Å². The van der Waals surface area contributed by atoms with E-state index in [0.717, 1.165) is 31.7 Å². The molecule has 1 saturated heterocycles. The van der Waals surface area contributed by atoms with Crippen LogP contribution in [0.3, 0.4) is 0 Å². The second-order valence-corrected chi connectivity index (χ2v) is 7.35. The Morgan fingerprint density at radius 1 is 1.04 bits per heavy atom. The van der Waals surface area contributed by atoms with Crippen molar-refractivity contribution in [3.8, 4) is 0 Å². The van der Waals surface area contributed by atoms with Gasteiger partial charge in [0.2, 0.25) is 0 Å². The van der Waals surface area contributed by atoms with Crippen molar-refractivity contribution < 1.29 is 0 Å². The third kappa shape index (κ3) is 2.89. The van der Waals surface area contributed by atoms with Crippen molar-refractivity contribution in [3.63, 3.8) is 0 Å². The zero-order valence-corrected chi connectivity index (χ0v) is 15.0. The summed E-state index contributed by atoms with van der Waals surface area (Å²) in [6, 6.07) is 9.06. The minimum Gasteiger partial charge on any atom is -0.368 e. The summed E-state index contributed by atoms with van der Waals surface area (Å²) < 4.78 is 0. The number of nitrogens with zero attached hydrogens (tertiary/aromatic N) is 4. The molecule has 1 aliphatic heterocycles. The van der Waals surface area contributed by atoms with E-state index in [1.54, 1.807) is 11.3 Å². The van der Waals surface area contributed by atoms with Crippen LogP contribution in [-0.2, 0) is 0 Å². The Bertz CT molecular complexity index is 823. The lowest BCUT2D eigenvalue weighted by atomic mass is 10.1. The molecule has 3 heterocycles. The van der Waals surface area contributed by atoms with E-state index in [0.29, 0.717) is 6.04 Å². The van der Waals surface area contributed by atoms with Crippen LogP contribution in [0.15, 0.2) is 42.0 Å². The minimum atomic E-state index is 0.406. The highest BCUT2D eigenvalue weighted by Crippen LogP contribution is 2.29. The first-order valence-electron chi connectivity index (χ1n) is 8.46. The highest BCUT2D eigenvalue weighted by atomic mass is 32.1. The van der Waals surface area contributed by atoms with Gasteiger partial charge < -0.3 is 4.90 Å². The lowest BCUT2D eigenvalue weighted by Crippen LogP contribution is -2.47. The van der Waals surface area contributed by atoms with Crippen LogP contribution < -0.4 is 4.90 Å². The maximum atomic E-state index is 4.51. The molecule has 0 saturated carbocycles. The molecule has 1 fully saturated rings. The van der Waals surface area contributed by atoms with Gasteiger partial charge in [0.25, 0.3) is 0 Å². The van der Waals surface area contributed by atoms with Crippen LogP contribution in [0.4, 0.5) is 5.69 Å². The molecule has 2 aromatic heterocycles. The van der Waals surface area contributed by atoms with Gasteiger partial charge in [0.05, 0.1) is 11.6 Å². The quantitative estimate of drug-likeness (QED) is 0.725. The van der Waals surface area contributed by atoms with Crippen LogP contribution in [0, 0.1) is 6.92 Å². The monoisotopic (exact) mass is 338 g/mol. The molecule has 0 bridgehead atoms. The summed E-state index contributed by atoms with van der Waals surface area (Å²) in [6.07, 6.45) is 3.83. The molecule has 1 aromatic carbocycles. The Balaban J connectivity index is 1.53. The third-order valence-electron chi connectivity index (χ3n) is 4.89. The zero-order chi connectivity index (χ0) is 16.5. The standard InChI is InChI=1S/C19H22N4S/c1-14-3-4-17-16(13-14)18(5-6-20-17)23-10-8-22(9-11-23)15(2)19-21-7-12-24-19/h3-7,12-13,15H,8-11H2,1-2H3. The Hall–Kier alpha value is -1.98. The predicted molar refractivity (Wildman–Crippen MR) is 101 cm³/mol. The predicted octanol–water partition coefficient (Wildman–Crippen LogP) is 3.88. The number of aromatic nitrogens is 2. The molecular weight excluding hydrogens is 316 g/mol. The largest absolute Gasteiger partial charge is 0.368 e. The molecule has 1 aliphatic rings. The number of hydrogen-bond acceptors (Lipinski definition) is 5. The van der Waals surface area contributed by atoms with Crippen molar-refractivity contribution in [2.24, 2.45) is 0 Å². The van der Waals surface area contributed by atoms with Crippen LogP contribution in [0.2, 0.25) is 0 Å². The van der Waals surface area contributed by atoms with Gasteiger partial charge in [0.1, 0.15) is 5.01 Å². The molecule has 3 aromatic rings. The van der Waals surface area contributed by atoms with E-state index in [9.17, 15) is 0 Å². The molecule has 4 nitrogen and oxygen atoms in total. The van der Waals surface area contributed by atoms with Gasteiger partial charge in [-0.15, -0.1) is 11.3 Å². The van der Waals surface area contributed by atoms with Crippen molar-refractivity contribution in [1.29, 1.82) is 0 Å². The van der Waals surface area contributed by atoms with Gasteiger partial charge in [-0.25, -0.2) is 4.98 Å². The Morgan fingerprint density at radius 3 is 2.62 bits per heavy atom. The molecule has 0 N–H and O–H groups in total. The summed E-state index contributed by atoms with van der Waals surface area (Å²) in [4.78, 5) is 14.0. The van der Waals surface area contributed by atoms with Crippen molar-refractivity contribution in [1.82, 2.24) is 14.9 Å². The molecule has 124 valence electrons.